The van der Waals surface area contributed by atoms with Gasteiger partial charge in [0.2, 0.25) is 0 Å². The van der Waals surface area contributed by atoms with E-state index in [1.54, 1.807) is 18.2 Å². The highest BCUT2D eigenvalue weighted by molar-refractivity contribution is 5.97. The molecule has 0 spiro atoms. The number of amides is 1. The van der Waals surface area contributed by atoms with E-state index in [1.807, 2.05) is 13.8 Å². The van der Waals surface area contributed by atoms with Crippen LogP contribution in [0.5, 0.6) is 0 Å². The van der Waals surface area contributed by atoms with Gasteiger partial charge in [-0.1, -0.05) is 18.6 Å². The van der Waals surface area contributed by atoms with Gasteiger partial charge >= 0.3 is 5.97 Å². The van der Waals surface area contributed by atoms with E-state index in [9.17, 15) is 9.59 Å². The smallest absolute Gasteiger partial charge is 0.328 e. The van der Waals surface area contributed by atoms with Gasteiger partial charge < -0.3 is 10.4 Å². The van der Waals surface area contributed by atoms with Crippen molar-refractivity contribution in [3.8, 4) is 0 Å². The minimum Gasteiger partial charge on any atom is -0.478 e. The molecule has 4 nitrogen and oxygen atoms in total. The number of rotatable bonds is 5. The van der Waals surface area contributed by atoms with Crippen LogP contribution in [0.2, 0.25) is 0 Å². The van der Waals surface area contributed by atoms with Gasteiger partial charge in [-0.05, 0) is 55.9 Å². The molecule has 0 bridgehead atoms. The predicted molar refractivity (Wildman–Crippen MR) is 82.1 cm³/mol. The summed E-state index contributed by atoms with van der Waals surface area (Å²) >= 11 is 0. The number of carboxylic acids is 1. The SMILES string of the molecule is Cc1c(/C=C/C(=O)O)cccc1C(=O)NC(C)C1CCC1. The molecule has 0 saturated heterocycles. The highest BCUT2D eigenvalue weighted by Crippen LogP contribution is 2.29. The monoisotopic (exact) mass is 287 g/mol. The van der Waals surface area contributed by atoms with Crippen LogP contribution < -0.4 is 5.32 Å². The summed E-state index contributed by atoms with van der Waals surface area (Å²) in [5.74, 6) is -0.496. The third kappa shape index (κ3) is 3.72. The lowest BCUT2D eigenvalue weighted by Crippen LogP contribution is -2.40. The van der Waals surface area contributed by atoms with Crippen LogP contribution in [-0.4, -0.2) is 23.0 Å². The zero-order chi connectivity index (χ0) is 15.4. The predicted octanol–water partition coefficient (Wildman–Crippen LogP) is 3.01. The lowest BCUT2D eigenvalue weighted by atomic mass is 9.80. The number of carbonyl (C=O) groups is 2. The van der Waals surface area contributed by atoms with Crippen molar-refractivity contribution in [2.24, 2.45) is 5.92 Å². The molecule has 0 aromatic heterocycles. The Bertz CT molecular complexity index is 573. The molecule has 2 rings (SSSR count). The van der Waals surface area contributed by atoms with Crippen LogP contribution in [0, 0.1) is 12.8 Å². The van der Waals surface area contributed by atoms with Crippen LogP contribution in [0.25, 0.3) is 6.08 Å². The lowest BCUT2D eigenvalue weighted by molar-refractivity contribution is -0.131. The minimum absolute atomic E-state index is 0.0857. The van der Waals surface area contributed by atoms with E-state index in [2.05, 4.69) is 5.32 Å². The van der Waals surface area contributed by atoms with Gasteiger partial charge in [0.05, 0.1) is 0 Å². The second-order valence-corrected chi connectivity index (χ2v) is 5.64. The maximum absolute atomic E-state index is 12.4. The summed E-state index contributed by atoms with van der Waals surface area (Å²) in [6, 6.07) is 5.54. The highest BCUT2D eigenvalue weighted by Gasteiger charge is 2.25. The van der Waals surface area contributed by atoms with Crippen LogP contribution in [-0.2, 0) is 4.79 Å². The van der Waals surface area contributed by atoms with Crippen LogP contribution >= 0.6 is 0 Å². The average Bonchev–Trinajstić information content (AvgIpc) is 2.34. The van der Waals surface area contributed by atoms with Crippen molar-refractivity contribution < 1.29 is 14.7 Å². The Balaban J connectivity index is 2.13. The van der Waals surface area contributed by atoms with Crippen molar-refractivity contribution in [2.45, 2.75) is 39.2 Å². The summed E-state index contributed by atoms with van der Waals surface area (Å²) in [4.78, 5) is 23.0. The van der Waals surface area contributed by atoms with Gasteiger partial charge in [-0.25, -0.2) is 4.79 Å². The Morgan fingerprint density at radius 2 is 2.10 bits per heavy atom. The van der Waals surface area contributed by atoms with Crippen molar-refractivity contribution in [3.05, 3.63) is 41.0 Å². The zero-order valence-corrected chi connectivity index (χ0v) is 12.4. The molecule has 2 N–H and O–H groups in total. The number of nitrogens with one attached hydrogen (secondary N) is 1. The molecule has 1 aromatic rings. The van der Waals surface area contributed by atoms with E-state index in [1.165, 1.54) is 25.3 Å². The molecular weight excluding hydrogens is 266 g/mol. The second-order valence-electron chi connectivity index (χ2n) is 5.64. The van der Waals surface area contributed by atoms with Gasteiger partial charge in [0, 0.05) is 17.7 Å². The summed E-state index contributed by atoms with van der Waals surface area (Å²) < 4.78 is 0. The molecule has 1 aliphatic rings. The number of benzene rings is 1. The summed E-state index contributed by atoms with van der Waals surface area (Å²) in [5.41, 5.74) is 2.16. The van der Waals surface area contributed by atoms with Crippen LogP contribution in [0.4, 0.5) is 0 Å². The standard InChI is InChI=1S/C17H21NO3/c1-11-13(9-10-16(19)20)5-4-8-15(11)17(21)18-12(2)14-6-3-7-14/h4-5,8-10,12,14H,3,6-7H2,1-2H3,(H,18,21)(H,19,20)/b10-9+. The normalized spacial score (nSPS) is 16.5. The molecule has 21 heavy (non-hydrogen) atoms. The van der Waals surface area contributed by atoms with Gasteiger partial charge in [-0.15, -0.1) is 0 Å². The minimum atomic E-state index is -0.997. The third-order valence-corrected chi connectivity index (χ3v) is 4.24. The number of hydrogen-bond acceptors (Lipinski definition) is 2. The van der Waals surface area contributed by atoms with Crippen LogP contribution in [0.15, 0.2) is 24.3 Å². The number of aliphatic carboxylic acids is 1. The summed E-state index contributed by atoms with van der Waals surface area (Å²) in [6.07, 6.45) is 6.22. The fourth-order valence-electron chi connectivity index (χ4n) is 2.58. The fourth-order valence-corrected chi connectivity index (χ4v) is 2.58. The molecular formula is C17H21NO3. The molecule has 0 aliphatic heterocycles. The van der Waals surface area contributed by atoms with Crippen molar-refractivity contribution >= 4 is 18.0 Å². The van der Waals surface area contributed by atoms with Crippen molar-refractivity contribution in [2.75, 3.05) is 0 Å². The molecule has 1 fully saturated rings. The van der Waals surface area contributed by atoms with E-state index in [-0.39, 0.29) is 11.9 Å². The molecule has 4 heteroatoms. The van der Waals surface area contributed by atoms with E-state index < -0.39 is 5.97 Å². The number of carbonyl (C=O) groups excluding carboxylic acids is 1. The molecule has 0 heterocycles. The van der Waals surface area contributed by atoms with E-state index in [4.69, 9.17) is 5.11 Å². The van der Waals surface area contributed by atoms with Gasteiger partial charge in [-0.3, -0.25) is 4.79 Å². The Morgan fingerprint density at radius 1 is 1.38 bits per heavy atom. The van der Waals surface area contributed by atoms with E-state index in [0.29, 0.717) is 11.5 Å². The molecule has 0 radical (unpaired) electrons. The van der Waals surface area contributed by atoms with Gasteiger partial charge in [-0.2, -0.15) is 0 Å². The molecule has 1 atom stereocenters. The fraction of sp³-hybridized carbons (Fsp3) is 0.412. The molecule has 1 saturated carbocycles. The first-order valence-corrected chi connectivity index (χ1v) is 7.30. The second kappa shape index (κ2) is 6.57. The Kier molecular flexibility index (Phi) is 4.78. The van der Waals surface area contributed by atoms with E-state index >= 15 is 0 Å². The highest BCUT2D eigenvalue weighted by atomic mass is 16.4. The maximum atomic E-state index is 12.4. The maximum Gasteiger partial charge on any atom is 0.328 e. The zero-order valence-electron chi connectivity index (χ0n) is 12.4. The molecule has 1 aliphatic carbocycles. The molecule has 1 aromatic carbocycles. The lowest BCUT2D eigenvalue weighted by Gasteiger charge is -2.32. The summed E-state index contributed by atoms with van der Waals surface area (Å²) in [6.45, 7) is 3.88. The number of carboxylic acid groups (broad SMARTS) is 1. The summed E-state index contributed by atoms with van der Waals surface area (Å²) in [5, 5.41) is 11.7. The van der Waals surface area contributed by atoms with Gasteiger partial charge in [0.1, 0.15) is 0 Å². The first-order valence-electron chi connectivity index (χ1n) is 7.30. The van der Waals surface area contributed by atoms with Crippen LogP contribution in [0.3, 0.4) is 0 Å². The Labute approximate surface area is 124 Å². The average molecular weight is 287 g/mol. The number of hydrogen-bond donors (Lipinski definition) is 2. The summed E-state index contributed by atoms with van der Waals surface area (Å²) in [7, 11) is 0. The van der Waals surface area contributed by atoms with Crippen molar-refractivity contribution in [1.82, 2.24) is 5.32 Å². The molecule has 112 valence electrons. The van der Waals surface area contributed by atoms with Gasteiger partial charge in [0.15, 0.2) is 0 Å². The first-order chi connectivity index (χ1) is 9.99. The first kappa shape index (κ1) is 15.3. The van der Waals surface area contributed by atoms with Crippen molar-refractivity contribution in [3.63, 3.8) is 0 Å². The third-order valence-electron chi connectivity index (χ3n) is 4.24. The van der Waals surface area contributed by atoms with Crippen molar-refractivity contribution in [1.29, 1.82) is 0 Å². The van der Waals surface area contributed by atoms with Gasteiger partial charge in [0.25, 0.3) is 5.91 Å². The Hall–Kier alpha value is -2.10. The Morgan fingerprint density at radius 3 is 2.67 bits per heavy atom. The molecule has 1 unspecified atom stereocenters. The van der Waals surface area contributed by atoms with Crippen LogP contribution in [0.1, 0.15) is 47.7 Å². The van der Waals surface area contributed by atoms with E-state index in [0.717, 1.165) is 17.2 Å². The largest absolute Gasteiger partial charge is 0.478 e. The quantitative estimate of drug-likeness (QED) is 0.818. The topological polar surface area (TPSA) is 66.4 Å². The molecule has 1 amide bonds.